The summed E-state index contributed by atoms with van der Waals surface area (Å²) in [5.74, 6) is -0.122. The second kappa shape index (κ2) is 5.21. The Hall–Kier alpha value is -1.97. The largest absolute Gasteiger partial charge is 0.386 e. The van der Waals surface area contributed by atoms with Gasteiger partial charge in [-0.3, -0.25) is 4.79 Å². The number of nitrogens with zero attached hydrogens (tertiary/aromatic N) is 1. The Balaban J connectivity index is 3.42. The highest BCUT2D eigenvalue weighted by molar-refractivity contribution is 5.96. The molecule has 0 atom stereocenters. The van der Waals surface area contributed by atoms with Crippen LogP contribution in [0.4, 0.5) is 5.69 Å². The summed E-state index contributed by atoms with van der Waals surface area (Å²) in [5.41, 5.74) is 2.34. The maximum atomic E-state index is 11.7. The van der Waals surface area contributed by atoms with Crippen LogP contribution < -0.4 is 10.6 Å². The third-order valence-corrected chi connectivity index (χ3v) is 2.30. The first-order valence-corrected chi connectivity index (χ1v) is 5.09. The van der Waals surface area contributed by atoms with Crippen molar-refractivity contribution in [2.45, 2.75) is 6.92 Å². The van der Waals surface area contributed by atoms with Gasteiger partial charge in [-0.1, -0.05) is 12.7 Å². The van der Waals surface area contributed by atoms with Crippen LogP contribution in [0.2, 0.25) is 0 Å². The molecule has 0 radical (unpaired) electrons. The van der Waals surface area contributed by atoms with E-state index >= 15 is 0 Å². The second-order valence-electron chi connectivity index (χ2n) is 3.21. The Kier molecular flexibility index (Phi) is 3.94. The van der Waals surface area contributed by atoms with Crippen molar-refractivity contribution in [3.8, 4) is 0 Å². The van der Waals surface area contributed by atoms with Crippen LogP contribution in [0.5, 0.6) is 0 Å². The fourth-order valence-corrected chi connectivity index (χ4v) is 1.56. The van der Waals surface area contributed by atoms with Gasteiger partial charge in [-0.25, -0.2) is 0 Å². The van der Waals surface area contributed by atoms with E-state index in [1.165, 1.54) is 0 Å². The summed E-state index contributed by atoms with van der Waals surface area (Å²) in [5, 5.41) is 5.65. The summed E-state index contributed by atoms with van der Waals surface area (Å²) in [6.45, 7) is 5.66. The normalized spacial score (nSPS) is 10.4. The average molecular weight is 219 g/mol. The molecule has 0 saturated carbocycles. The van der Waals surface area contributed by atoms with Crippen molar-refractivity contribution in [3.63, 3.8) is 0 Å². The molecule has 0 unspecified atom stereocenters. The Bertz CT molecular complexity index is 430. The van der Waals surface area contributed by atoms with Crippen molar-refractivity contribution < 1.29 is 4.79 Å². The summed E-state index contributed by atoms with van der Waals surface area (Å²) in [4.78, 5) is 11.7. The summed E-state index contributed by atoms with van der Waals surface area (Å²) < 4.78 is 1.80. The van der Waals surface area contributed by atoms with Crippen LogP contribution >= 0.6 is 0 Å². The molecule has 1 aromatic heterocycles. The number of nitrogens with one attached hydrogen (secondary N) is 2. The van der Waals surface area contributed by atoms with Gasteiger partial charge in [0.2, 0.25) is 0 Å². The van der Waals surface area contributed by atoms with Gasteiger partial charge in [0.1, 0.15) is 5.69 Å². The van der Waals surface area contributed by atoms with Crippen LogP contribution in [-0.2, 0) is 0 Å². The fourth-order valence-electron chi connectivity index (χ4n) is 1.56. The van der Waals surface area contributed by atoms with Crippen LogP contribution in [0.3, 0.4) is 0 Å². The van der Waals surface area contributed by atoms with E-state index in [0.29, 0.717) is 5.69 Å². The highest BCUT2D eigenvalue weighted by Crippen LogP contribution is 2.22. The Morgan fingerprint density at radius 1 is 1.50 bits per heavy atom. The quantitative estimate of drug-likeness (QED) is 0.813. The summed E-state index contributed by atoms with van der Waals surface area (Å²) in [7, 11) is 3.43. The van der Waals surface area contributed by atoms with Gasteiger partial charge < -0.3 is 15.2 Å². The summed E-state index contributed by atoms with van der Waals surface area (Å²) in [6, 6.07) is 1.80. The molecule has 0 saturated heterocycles. The van der Waals surface area contributed by atoms with E-state index in [0.717, 1.165) is 11.4 Å². The molecule has 1 rings (SSSR count). The number of amides is 1. The third kappa shape index (κ3) is 2.00. The topological polar surface area (TPSA) is 46.1 Å². The maximum Gasteiger partial charge on any atom is 0.268 e. The summed E-state index contributed by atoms with van der Waals surface area (Å²) >= 11 is 0. The molecule has 0 bridgehead atoms. The van der Waals surface area contributed by atoms with Gasteiger partial charge in [-0.05, 0) is 19.1 Å². The van der Waals surface area contributed by atoms with Crippen LogP contribution in [0.25, 0.3) is 12.3 Å². The lowest BCUT2D eigenvalue weighted by atomic mass is 10.3. The number of allylic oxidation sites excluding steroid dienone is 1. The number of hydrogen-bond acceptors (Lipinski definition) is 2. The van der Waals surface area contributed by atoms with E-state index in [9.17, 15) is 4.79 Å². The van der Waals surface area contributed by atoms with Crippen molar-refractivity contribution in [3.05, 3.63) is 30.1 Å². The molecule has 0 aliphatic carbocycles. The molecule has 16 heavy (non-hydrogen) atoms. The van der Waals surface area contributed by atoms with Crippen LogP contribution in [-0.4, -0.2) is 24.6 Å². The van der Waals surface area contributed by atoms with Crippen molar-refractivity contribution in [2.75, 3.05) is 19.4 Å². The minimum atomic E-state index is -0.122. The Morgan fingerprint density at radius 3 is 2.62 bits per heavy atom. The Morgan fingerprint density at radius 2 is 2.19 bits per heavy atom. The van der Waals surface area contributed by atoms with Crippen molar-refractivity contribution in [2.24, 2.45) is 0 Å². The second-order valence-corrected chi connectivity index (χ2v) is 3.21. The molecule has 1 heterocycles. The van der Waals surface area contributed by atoms with Gasteiger partial charge in [0.15, 0.2) is 0 Å². The Labute approximate surface area is 95.7 Å². The maximum absolute atomic E-state index is 11.7. The molecule has 86 valence electrons. The zero-order chi connectivity index (χ0) is 12.1. The lowest BCUT2D eigenvalue weighted by Crippen LogP contribution is -2.20. The molecule has 2 N–H and O–H groups in total. The highest BCUT2D eigenvalue weighted by atomic mass is 16.1. The van der Waals surface area contributed by atoms with Crippen LogP contribution in [0, 0.1) is 0 Å². The number of aromatic nitrogens is 1. The minimum absolute atomic E-state index is 0.122. The smallest absolute Gasteiger partial charge is 0.268 e. The molecule has 1 amide bonds. The number of carbonyl (C=O) groups excluding carboxylic acids is 1. The predicted molar refractivity (Wildman–Crippen MR) is 68.5 cm³/mol. The molecule has 0 aromatic carbocycles. The van der Waals surface area contributed by atoms with Gasteiger partial charge in [-0.15, -0.1) is 0 Å². The number of carbonyl (C=O) groups is 1. The molecule has 0 aliphatic rings. The average Bonchev–Trinajstić information content (AvgIpc) is 2.66. The predicted octanol–water partition coefficient (Wildman–Crippen LogP) is 2.02. The summed E-state index contributed by atoms with van der Waals surface area (Å²) in [6.07, 6.45) is 5.43. The van der Waals surface area contributed by atoms with E-state index in [-0.39, 0.29) is 5.91 Å². The molecule has 4 heteroatoms. The third-order valence-electron chi connectivity index (χ3n) is 2.30. The zero-order valence-corrected chi connectivity index (χ0v) is 9.87. The first-order chi connectivity index (χ1) is 7.69. The van der Waals surface area contributed by atoms with E-state index in [4.69, 9.17) is 0 Å². The van der Waals surface area contributed by atoms with Crippen molar-refractivity contribution in [1.29, 1.82) is 0 Å². The molecular formula is C12H17N3O. The SMILES string of the molecule is C=Cc1c(NC)cc(C(=O)NC)n1/C=C\C. The number of hydrogen-bond donors (Lipinski definition) is 2. The van der Waals surface area contributed by atoms with Gasteiger partial charge in [0, 0.05) is 20.3 Å². The van der Waals surface area contributed by atoms with Crippen LogP contribution in [0.1, 0.15) is 23.1 Å². The standard InChI is InChI=1S/C12H17N3O/c1-5-7-15-10(6-2)9(13-3)8-11(15)12(16)14-4/h5-8,13H,2H2,1,3-4H3,(H,14,16)/b7-5-. The van der Waals surface area contributed by atoms with Gasteiger partial charge in [0.05, 0.1) is 11.4 Å². The van der Waals surface area contributed by atoms with Gasteiger partial charge >= 0.3 is 0 Å². The molecule has 0 fully saturated rings. The molecule has 4 nitrogen and oxygen atoms in total. The zero-order valence-electron chi connectivity index (χ0n) is 9.87. The fraction of sp³-hybridized carbons (Fsp3) is 0.250. The molecule has 0 spiro atoms. The van der Waals surface area contributed by atoms with E-state index < -0.39 is 0 Å². The van der Waals surface area contributed by atoms with E-state index in [1.54, 1.807) is 23.8 Å². The number of rotatable bonds is 4. The molecule has 0 aliphatic heterocycles. The van der Waals surface area contributed by atoms with Gasteiger partial charge in [0.25, 0.3) is 5.91 Å². The lowest BCUT2D eigenvalue weighted by molar-refractivity contribution is 0.0957. The first-order valence-electron chi connectivity index (χ1n) is 5.09. The van der Waals surface area contributed by atoms with Crippen molar-refractivity contribution >= 4 is 23.9 Å². The van der Waals surface area contributed by atoms with E-state index in [1.807, 2.05) is 26.2 Å². The molecular weight excluding hydrogens is 202 g/mol. The van der Waals surface area contributed by atoms with Crippen LogP contribution in [0.15, 0.2) is 18.7 Å². The monoisotopic (exact) mass is 219 g/mol. The van der Waals surface area contributed by atoms with E-state index in [2.05, 4.69) is 17.2 Å². The first kappa shape index (κ1) is 12.1. The lowest BCUT2D eigenvalue weighted by Gasteiger charge is -2.05. The highest BCUT2D eigenvalue weighted by Gasteiger charge is 2.15. The van der Waals surface area contributed by atoms with Gasteiger partial charge in [-0.2, -0.15) is 0 Å². The molecule has 1 aromatic rings. The minimum Gasteiger partial charge on any atom is -0.386 e. The van der Waals surface area contributed by atoms with Crippen molar-refractivity contribution in [1.82, 2.24) is 9.88 Å². The number of anilines is 1.